The number of imidazole rings is 1. The second-order valence-electron chi connectivity index (χ2n) is 12.1. The number of hydrogen-bond donors (Lipinski definition) is 1. The van der Waals surface area contributed by atoms with E-state index in [0.717, 1.165) is 59.0 Å². The molecule has 0 aliphatic carbocycles. The Balaban J connectivity index is 1.15. The fourth-order valence-corrected chi connectivity index (χ4v) is 5.85. The molecule has 1 N–H and O–H groups in total. The van der Waals surface area contributed by atoms with Crippen LogP contribution in [0, 0.1) is 25.7 Å². The SMILES string of the molecule is Cc1ccc(C(=O)Cc2ccc(CN3CC[C@H](N(C)C)C3)c(C)c2)cc1C#Cc1cnc2c(Nc3cnn(C)c3)cccn12. The number of nitrogens with one attached hydrogen (secondary N) is 1. The predicted octanol–water partition coefficient (Wildman–Crippen LogP) is 5.39. The van der Waals surface area contributed by atoms with Crippen molar-refractivity contribution in [1.82, 2.24) is 29.0 Å². The molecule has 8 nitrogen and oxygen atoms in total. The third-order valence-electron chi connectivity index (χ3n) is 8.55. The van der Waals surface area contributed by atoms with Crippen LogP contribution in [0.4, 0.5) is 11.4 Å². The Morgan fingerprint density at radius 2 is 1.93 bits per heavy atom. The number of aromatic nitrogens is 4. The minimum absolute atomic E-state index is 0.0921. The van der Waals surface area contributed by atoms with Gasteiger partial charge in [0, 0.05) is 62.7 Å². The number of anilines is 2. The number of aryl methyl sites for hydroxylation is 3. The van der Waals surface area contributed by atoms with Crippen molar-refractivity contribution >= 4 is 22.8 Å². The average molecular weight is 586 g/mol. The average Bonchev–Trinajstić information content (AvgIpc) is 3.75. The molecule has 3 aromatic heterocycles. The molecule has 0 bridgehead atoms. The van der Waals surface area contributed by atoms with Gasteiger partial charge in [0.1, 0.15) is 5.69 Å². The predicted molar refractivity (Wildman–Crippen MR) is 175 cm³/mol. The molecule has 0 amide bonds. The molecule has 5 aromatic rings. The van der Waals surface area contributed by atoms with Gasteiger partial charge in [0.15, 0.2) is 11.4 Å². The van der Waals surface area contributed by atoms with Gasteiger partial charge in [0.05, 0.1) is 23.8 Å². The molecule has 1 fully saturated rings. The van der Waals surface area contributed by atoms with Gasteiger partial charge in [-0.1, -0.05) is 36.3 Å². The smallest absolute Gasteiger partial charge is 0.167 e. The van der Waals surface area contributed by atoms with Crippen LogP contribution in [0.2, 0.25) is 0 Å². The van der Waals surface area contributed by atoms with E-state index in [1.54, 1.807) is 17.1 Å². The van der Waals surface area contributed by atoms with Gasteiger partial charge in [-0.05, 0) is 80.7 Å². The Morgan fingerprint density at radius 1 is 1.07 bits per heavy atom. The minimum Gasteiger partial charge on any atom is -0.350 e. The lowest BCUT2D eigenvalue weighted by atomic mass is 9.97. The highest BCUT2D eigenvalue weighted by Crippen LogP contribution is 2.23. The summed E-state index contributed by atoms with van der Waals surface area (Å²) < 4.78 is 3.71. The van der Waals surface area contributed by atoms with Crippen molar-refractivity contribution in [3.63, 3.8) is 0 Å². The first-order valence-corrected chi connectivity index (χ1v) is 15.1. The standard InChI is InChI=1S/C36H39N7O/c1-25-8-10-29(35(44)18-27-9-11-30(26(2)17-27)22-42-16-14-33(24-42)40(3)4)19-28(25)12-13-32-21-37-36-34(7-6-15-43(32)36)39-31-20-38-41(5)23-31/h6-11,15,17,19-21,23,33,39H,14,16,18,22,24H2,1-5H3/t33-/m0/s1. The van der Waals surface area contributed by atoms with Crippen molar-refractivity contribution in [3.05, 3.63) is 112 Å². The lowest BCUT2D eigenvalue weighted by Gasteiger charge is -2.21. The molecule has 224 valence electrons. The van der Waals surface area contributed by atoms with E-state index >= 15 is 0 Å². The number of pyridine rings is 1. The van der Waals surface area contributed by atoms with Crippen LogP contribution in [0.5, 0.6) is 0 Å². The quantitative estimate of drug-likeness (QED) is 0.195. The number of benzene rings is 2. The molecule has 1 atom stereocenters. The molecule has 1 saturated heterocycles. The third kappa shape index (κ3) is 6.45. The summed E-state index contributed by atoms with van der Waals surface area (Å²) in [6.45, 7) is 7.36. The summed E-state index contributed by atoms with van der Waals surface area (Å²) in [5.74, 6) is 6.66. The number of carbonyl (C=O) groups excluding carboxylic acids is 1. The molecule has 0 unspecified atom stereocenters. The summed E-state index contributed by atoms with van der Waals surface area (Å²) in [6.07, 6.45) is 8.99. The maximum atomic E-state index is 13.4. The summed E-state index contributed by atoms with van der Waals surface area (Å²) in [4.78, 5) is 22.8. The van der Waals surface area contributed by atoms with Crippen molar-refractivity contribution in [1.29, 1.82) is 0 Å². The maximum Gasteiger partial charge on any atom is 0.167 e. The van der Waals surface area contributed by atoms with E-state index in [9.17, 15) is 4.79 Å². The van der Waals surface area contributed by atoms with Crippen LogP contribution in [-0.4, -0.2) is 68.0 Å². The largest absolute Gasteiger partial charge is 0.350 e. The first-order chi connectivity index (χ1) is 21.2. The van der Waals surface area contributed by atoms with Crippen LogP contribution in [0.25, 0.3) is 5.65 Å². The number of likely N-dealkylation sites (N-methyl/N-ethyl adjacent to an activating group) is 1. The lowest BCUT2D eigenvalue weighted by Crippen LogP contribution is -2.31. The Labute approximate surface area is 259 Å². The molecule has 8 heteroatoms. The van der Waals surface area contributed by atoms with Crippen molar-refractivity contribution in [2.75, 3.05) is 32.5 Å². The van der Waals surface area contributed by atoms with Crippen LogP contribution >= 0.6 is 0 Å². The number of carbonyl (C=O) groups is 1. The van der Waals surface area contributed by atoms with E-state index in [0.29, 0.717) is 18.0 Å². The zero-order valence-corrected chi connectivity index (χ0v) is 26.1. The first-order valence-electron chi connectivity index (χ1n) is 15.1. The number of Topliss-reactive ketones (excluding diaryl/α,β-unsaturated/α-hetero) is 1. The van der Waals surface area contributed by atoms with Gasteiger partial charge in [-0.15, -0.1) is 0 Å². The molecule has 1 aliphatic rings. The molecular formula is C36H39N7O. The summed E-state index contributed by atoms with van der Waals surface area (Å²) in [5.41, 5.74) is 9.46. The molecule has 0 spiro atoms. The van der Waals surface area contributed by atoms with Crippen molar-refractivity contribution in [2.45, 2.75) is 39.3 Å². The summed E-state index contributed by atoms with van der Waals surface area (Å²) in [5, 5.41) is 7.60. The zero-order chi connectivity index (χ0) is 30.8. The fourth-order valence-electron chi connectivity index (χ4n) is 5.85. The first kappa shape index (κ1) is 29.4. The van der Waals surface area contributed by atoms with E-state index in [1.165, 1.54) is 17.5 Å². The van der Waals surface area contributed by atoms with Gasteiger partial charge in [0.25, 0.3) is 0 Å². The van der Waals surface area contributed by atoms with Crippen LogP contribution in [0.3, 0.4) is 0 Å². The van der Waals surface area contributed by atoms with Crippen LogP contribution in [-0.2, 0) is 20.0 Å². The van der Waals surface area contributed by atoms with Gasteiger partial charge in [-0.3, -0.25) is 18.8 Å². The normalized spacial score (nSPS) is 15.1. The van der Waals surface area contributed by atoms with E-state index in [4.69, 9.17) is 0 Å². The van der Waals surface area contributed by atoms with E-state index < -0.39 is 0 Å². The van der Waals surface area contributed by atoms with E-state index in [2.05, 4.69) is 76.3 Å². The number of rotatable bonds is 8. The third-order valence-corrected chi connectivity index (χ3v) is 8.55. The number of likely N-dealkylation sites (tertiary alicyclic amines) is 1. The monoisotopic (exact) mass is 585 g/mol. The van der Waals surface area contributed by atoms with Gasteiger partial charge < -0.3 is 10.2 Å². The topological polar surface area (TPSA) is 70.7 Å². The number of nitrogens with zero attached hydrogens (tertiary/aromatic N) is 6. The summed E-state index contributed by atoms with van der Waals surface area (Å²) >= 11 is 0. The van der Waals surface area contributed by atoms with Crippen molar-refractivity contribution in [2.24, 2.45) is 7.05 Å². The number of ketones is 1. The molecule has 4 heterocycles. The fraction of sp³-hybridized carbons (Fsp3) is 0.306. The summed E-state index contributed by atoms with van der Waals surface area (Å²) in [7, 11) is 6.21. The minimum atomic E-state index is 0.0921. The highest BCUT2D eigenvalue weighted by Gasteiger charge is 2.24. The molecule has 2 aromatic carbocycles. The zero-order valence-electron chi connectivity index (χ0n) is 26.1. The Morgan fingerprint density at radius 3 is 2.68 bits per heavy atom. The molecule has 44 heavy (non-hydrogen) atoms. The van der Waals surface area contributed by atoms with Gasteiger partial charge >= 0.3 is 0 Å². The highest BCUT2D eigenvalue weighted by atomic mass is 16.1. The van der Waals surface area contributed by atoms with Crippen LogP contribution in [0.1, 0.15) is 50.3 Å². The summed E-state index contributed by atoms with van der Waals surface area (Å²) in [6, 6.07) is 16.8. The van der Waals surface area contributed by atoms with Gasteiger partial charge in [-0.25, -0.2) is 4.98 Å². The van der Waals surface area contributed by atoms with Crippen molar-refractivity contribution in [3.8, 4) is 11.8 Å². The Hall–Kier alpha value is -4.71. The Bertz CT molecular complexity index is 1890. The van der Waals surface area contributed by atoms with E-state index in [-0.39, 0.29) is 5.78 Å². The van der Waals surface area contributed by atoms with Crippen molar-refractivity contribution < 1.29 is 4.79 Å². The second-order valence-corrected chi connectivity index (χ2v) is 12.1. The number of fused-ring (bicyclic) bond motifs is 1. The van der Waals surface area contributed by atoms with Crippen LogP contribution < -0.4 is 5.32 Å². The molecule has 0 radical (unpaired) electrons. The van der Waals surface area contributed by atoms with E-state index in [1.807, 2.05) is 61.1 Å². The van der Waals surface area contributed by atoms with Crippen LogP contribution in [0.15, 0.2) is 73.3 Å². The molecule has 1 aliphatic heterocycles. The molecular weight excluding hydrogens is 546 g/mol. The maximum absolute atomic E-state index is 13.4. The molecule has 0 saturated carbocycles. The van der Waals surface area contributed by atoms with Gasteiger partial charge in [-0.2, -0.15) is 5.10 Å². The number of hydrogen-bond acceptors (Lipinski definition) is 6. The second kappa shape index (κ2) is 12.5. The highest BCUT2D eigenvalue weighted by molar-refractivity contribution is 5.98. The lowest BCUT2D eigenvalue weighted by molar-refractivity contribution is 0.0993. The van der Waals surface area contributed by atoms with Gasteiger partial charge in [0.2, 0.25) is 0 Å². The molecule has 6 rings (SSSR count). The Kier molecular flexibility index (Phi) is 8.34.